The van der Waals surface area contributed by atoms with Gasteiger partial charge in [-0.2, -0.15) is 5.10 Å². The molecule has 0 spiro atoms. The van der Waals surface area contributed by atoms with Crippen LogP contribution in [0.5, 0.6) is 0 Å². The zero-order valence-electron chi connectivity index (χ0n) is 17.1. The maximum Gasteiger partial charge on any atom is 0.216 e. The number of hydrogen-bond donors (Lipinski definition) is 4. The van der Waals surface area contributed by atoms with E-state index in [2.05, 4.69) is 37.1 Å². The molecule has 4 N–H and O–H groups in total. The van der Waals surface area contributed by atoms with Crippen molar-refractivity contribution in [2.75, 3.05) is 16.9 Å². The molecule has 0 fully saturated rings. The van der Waals surface area contributed by atoms with Crippen molar-refractivity contribution >= 4 is 38.1 Å². The second kappa shape index (κ2) is 7.81. The number of nitrogens with one attached hydrogen (secondary N) is 4. The van der Waals surface area contributed by atoms with Crippen LogP contribution in [0.3, 0.4) is 0 Å². The van der Waals surface area contributed by atoms with Gasteiger partial charge in [-0.1, -0.05) is 12.1 Å². The number of aryl methyl sites for hydroxylation is 1. The van der Waals surface area contributed by atoms with Gasteiger partial charge in [-0.05, 0) is 54.8 Å². The van der Waals surface area contributed by atoms with Gasteiger partial charge in [0.05, 0.1) is 11.3 Å². The first kappa shape index (κ1) is 20.5. The summed E-state index contributed by atoms with van der Waals surface area (Å²) in [5.74, 6) is 3.10. The summed E-state index contributed by atoms with van der Waals surface area (Å²) in [5, 5.41) is 17.8. The first-order valence-electron chi connectivity index (χ1n) is 9.54. The number of sulfone groups is 1. The van der Waals surface area contributed by atoms with Crippen molar-refractivity contribution < 1.29 is 8.42 Å². The Hall–Kier alpha value is -3.77. The van der Waals surface area contributed by atoms with Crippen molar-refractivity contribution in [3.05, 3.63) is 66.0 Å². The Bertz CT molecular complexity index is 1350. The summed E-state index contributed by atoms with van der Waals surface area (Å²) in [6.07, 6.45) is 10.5. The largest absolute Gasteiger partial charge is 0.348 e. The van der Waals surface area contributed by atoms with Gasteiger partial charge in [0.25, 0.3) is 0 Å². The van der Waals surface area contributed by atoms with Crippen molar-refractivity contribution in [3.63, 3.8) is 0 Å². The average Bonchev–Trinajstić information content (AvgIpc) is 3.07. The molecule has 1 atom stereocenters. The third kappa shape index (κ3) is 4.70. The highest BCUT2D eigenvalue weighted by atomic mass is 32.2. The first-order chi connectivity index (χ1) is 14.8. The Morgan fingerprint density at radius 1 is 1.19 bits per heavy atom. The molecule has 2 aromatic carbocycles. The molecule has 0 amide bonds. The molecule has 1 aromatic heterocycles. The Kier molecular flexibility index (Phi) is 5.17. The fourth-order valence-corrected chi connectivity index (χ4v) is 4.14. The highest BCUT2D eigenvalue weighted by Crippen LogP contribution is 2.25. The van der Waals surface area contributed by atoms with Gasteiger partial charge in [0, 0.05) is 34.9 Å². The summed E-state index contributed by atoms with van der Waals surface area (Å²) >= 11 is 0. The molecule has 0 radical (unpaired) electrons. The molecule has 158 valence electrons. The van der Waals surface area contributed by atoms with E-state index in [-0.39, 0.29) is 5.75 Å². The lowest BCUT2D eigenvalue weighted by molar-refractivity contribution is 0.601. The van der Waals surface area contributed by atoms with E-state index >= 15 is 0 Å². The standard InChI is InChI=1S/C22H22N6O2S/c1-4-22(25-18-8-9-19-15(2)27-28-20(19)13-18)10-11-23-21(26-22)24-17-7-5-6-16(12-17)14-31(3,29)30/h1,5-13,25H,14H2,2-3H3,(H,27,28)(H2,23,24,26). The number of rotatable bonds is 5. The van der Waals surface area contributed by atoms with E-state index in [4.69, 9.17) is 6.42 Å². The first-order valence-corrected chi connectivity index (χ1v) is 11.6. The second-order valence-electron chi connectivity index (χ2n) is 7.45. The number of benzene rings is 2. The monoisotopic (exact) mass is 434 g/mol. The van der Waals surface area contributed by atoms with Crippen LogP contribution in [0.15, 0.2) is 59.7 Å². The summed E-state index contributed by atoms with van der Waals surface area (Å²) < 4.78 is 23.2. The molecular weight excluding hydrogens is 412 g/mol. The zero-order chi connectivity index (χ0) is 22.1. The third-order valence-electron chi connectivity index (χ3n) is 4.75. The minimum absolute atomic E-state index is 0.0344. The molecule has 9 heteroatoms. The molecule has 0 saturated heterocycles. The SMILES string of the molecule is C#CC1(Nc2ccc3c(C)[nH]nc3c2)C=CNC(Nc2cccc(CS(C)(=O)=O)c2)=N1. The van der Waals surface area contributed by atoms with Crippen molar-refractivity contribution in [1.82, 2.24) is 15.5 Å². The van der Waals surface area contributed by atoms with Crippen LogP contribution in [0.4, 0.5) is 11.4 Å². The normalized spacial score (nSPS) is 18.2. The van der Waals surface area contributed by atoms with Gasteiger partial charge in [-0.3, -0.25) is 5.10 Å². The number of aromatic amines is 1. The Morgan fingerprint density at radius 2 is 2.03 bits per heavy atom. The summed E-state index contributed by atoms with van der Waals surface area (Å²) in [6, 6.07) is 13.0. The molecule has 1 unspecified atom stereocenters. The van der Waals surface area contributed by atoms with Crippen molar-refractivity contribution in [1.29, 1.82) is 0 Å². The lowest BCUT2D eigenvalue weighted by Gasteiger charge is -2.28. The quantitative estimate of drug-likeness (QED) is 0.460. The average molecular weight is 435 g/mol. The third-order valence-corrected chi connectivity index (χ3v) is 5.61. The van der Waals surface area contributed by atoms with Crippen LogP contribution in [0, 0.1) is 19.3 Å². The highest BCUT2D eigenvalue weighted by Gasteiger charge is 2.27. The predicted molar refractivity (Wildman–Crippen MR) is 124 cm³/mol. The maximum atomic E-state index is 11.6. The lowest BCUT2D eigenvalue weighted by Crippen LogP contribution is -2.41. The van der Waals surface area contributed by atoms with Gasteiger partial charge in [-0.15, -0.1) is 6.42 Å². The number of aromatic nitrogens is 2. The molecule has 3 aromatic rings. The lowest BCUT2D eigenvalue weighted by atomic mass is 10.1. The van der Waals surface area contributed by atoms with Crippen LogP contribution in [0.25, 0.3) is 10.9 Å². The smallest absolute Gasteiger partial charge is 0.216 e. The molecule has 0 saturated carbocycles. The Morgan fingerprint density at radius 3 is 2.81 bits per heavy atom. The molecule has 0 aliphatic carbocycles. The molecule has 2 heterocycles. The van der Waals surface area contributed by atoms with E-state index in [1.54, 1.807) is 30.5 Å². The van der Waals surface area contributed by atoms with Crippen molar-refractivity contribution in [3.8, 4) is 12.3 Å². The van der Waals surface area contributed by atoms with Crippen LogP contribution >= 0.6 is 0 Å². The molecule has 4 rings (SSSR count). The van der Waals surface area contributed by atoms with Gasteiger partial charge in [-0.25, -0.2) is 13.4 Å². The van der Waals surface area contributed by atoms with Gasteiger partial charge in [0.2, 0.25) is 11.6 Å². The van der Waals surface area contributed by atoms with Crippen LogP contribution in [0.2, 0.25) is 0 Å². The summed E-state index contributed by atoms with van der Waals surface area (Å²) in [4.78, 5) is 4.63. The van der Waals surface area contributed by atoms with Crippen LogP contribution < -0.4 is 16.0 Å². The van der Waals surface area contributed by atoms with Gasteiger partial charge in [0.15, 0.2) is 9.84 Å². The minimum Gasteiger partial charge on any atom is -0.348 e. The maximum absolute atomic E-state index is 11.6. The van der Waals surface area contributed by atoms with Gasteiger partial charge < -0.3 is 16.0 Å². The van der Waals surface area contributed by atoms with Gasteiger partial charge in [0.1, 0.15) is 0 Å². The number of anilines is 2. The van der Waals surface area contributed by atoms with E-state index in [1.807, 2.05) is 31.2 Å². The minimum atomic E-state index is -3.13. The number of H-pyrrole nitrogens is 1. The van der Waals surface area contributed by atoms with Crippen molar-refractivity contribution in [2.24, 2.45) is 4.99 Å². The summed E-state index contributed by atoms with van der Waals surface area (Å²) in [7, 11) is -3.13. The second-order valence-corrected chi connectivity index (χ2v) is 9.59. The Labute approximate surface area is 180 Å². The fraction of sp³-hybridized carbons (Fsp3) is 0.182. The van der Waals surface area contributed by atoms with E-state index in [0.717, 1.165) is 22.3 Å². The van der Waals surface area contributed by atoms with Crippen LogP contribution in [-0.4, -0.2) is 36.5 Å². The summed E-state index contributed by atoms with van der Waals surface area (Å²) in [5.41, 5.74) is 2.89. The number of guanidine groups is 1. The van der Waals surface area contributed by atoms with E-state index in [0.29, 0.717) is 17.2 Å². The number of hydrogen-bond acceptors (Lipinski definition) is 7. The number of nitrogens with zero attached hydrogens (tertiary/aromatic N) is 2. The molecule has 1 aliphatic heterocycles. The number of terminal acetylenes is 1. The molecule has 8 nitrogen and oxygen atoms in total. The highest BCUT2D eigenvalue weighted by molar-refractivity contribution is 7.89. The van der Waals surface area contributed by atoms with Crippen molar-refractivity contribution in [2.45, 2.75) is 18.3 Å². The summed E-state index contributed by atoms with van der Waals surface area (Å²) in [6.45, 7) is 1.97. The molecular formula is C22H22N6O2S. The van der Waals surface area contributed by atoms with E-state index in [9.17, 15) is 8.42 Å². The van der Waals surface area contributed by atoms with E-state index in [1.165, 1.54) is 6.26 Å². The Balaban J connectivity index is 1.57. The van der Waals surface area contributed by atoms with E-state index < -0.39 is 15.5 Å². The molecule has 31 heavy (non-hydrogen) atoms. The number of aliphatic imine (C=N–C) groups is 1. The fourth-order valence-electron chi connectivity index (χ4n) is 3.36. The topological polar surface area (TPSA) is 111 Å². The van der Waals surface area contributed by atoms with Gasteiger partial charge >= 0.3 is 0 Å². The molecule has 1 aliphatic rings. The number of fused-ring (bicyclic) bond motifs is 1. The zero-order valence-corrected chi connectivity index (χ0v) is 17.9. The van der Waals surface area contributed by atoms with Crippen LogP contribution in [0.1, 0.15) is 11.3 Å². The predicted octanol–water partition coefficient (Wildman–Crippen LogP) is 2.74. The van der Waals surface area contributed by atoms with Crippen LogP contribution in [-0.2, 0) is 15.6 Å². The molecule has 0 bridgehead atoms.